The molecule has 0 aromatic rings. The SMILES string of the molecule is C=C(C)C(=O)OCC(=O)OCC(=O)OC1C2CC3C(=O)OC1C3C2. The van der Waals surface area contributed by atoms with E-state index >= 15 is 0 Å². The molecule has 0 aromatic carbocycles. The molecule has 2 saturated carbocycles. The van der Waals surface area contributed by atoms with E-state index in [1.165, 1.54) is 6.92 Å². The highest BCUT2D eigenvalue weighted by atomic mass is 16.6. The normalized spacial score (nSPS) is 32.2. The molecule has 1 saturated heterocycles. The van der Waals surface area contributed by atoms with Crippen LogP contribution in [0.1, 0.15) is 19.8 Å². The van der Waals surface area contributed by atoms with Gasteiger partial charge in [-0.2, -0.15) is 0 Å². The molecular weight excluding hydrogens is 320 g/mol. The molecule has 0 amide bonds. The van der Waals surface area contributed by atoms with Gasteiger partial charge >= 0.3 is 23.9 Å². The average molecular weight is 338 g/mol. The predicted molar refractivity (Wildman–Crippen MR) is 76.2 cm³/mol. The topological polar surface area (TPSA) is 105 Å². The molecular formula is C16H18O8. The quantitative estimate of drug-likeness (QED) is 0.383. The molecule has 2 bridgehead atoms. The van der Waals surface area contributed by atoms with E-state index in [1.807, 2.05) is 0 Å². The van der Waals surface area contributed by atoms with Crippen LogP contribution in [0, 0.1) is 17.8 Å². The van der Waals surface area contributed by atoms with Crippen molar-refractivity contribution in [2.45, 2.75) is 32.0 Å². The number of ether oxygens (including phenoxy) is 4. The number of hydrogen-bond donors (Lipinski definition) is 0. The van der Waals surface area contributed by atoms with E-state index in [0.717, 1.165) is 6.42 Å². The Morgan fingerprint density at radius 1 is 1.17 bits per heavy atom. The fourth-order valence-electron chi connectivity index (χ4n) is 3.68. The number of hydrogen-bond acceptors (Lipinski definition) is 8. The van der Waals surface area contributed by atoms with Gasteiger partial charge in [0.25, 0.3) is 0 Å². The Labute approximate surface area is 138 Å². The van der Waals surface area contributed by atoms with Gasteiger partial charge in [-0.1, -0.05) is 6.58 Å². The molecule has 0 spiro atoms. The van der Waals surface area contributed by atoms with Gasteiger partial charge < -0.3 is 18.9 Å². The van der Waals surface area contributed by atoms with E-state index < -0.39 is 37.2 Å². The van der Waals surface area contributed by atoms with Crippen molar-refractivity contribution in [2.24, 2.45) is 17.8 Å². The number of rotatable bonds is 6. The molecule has 8 heteroatoms. The first-order chi connectivity index (χ1) is 11.4. The largest absolute Gasteiger partial charge is 0.458 e. The lowest BCUT2D eigenvalue weighted by Gasteiger charge is -2.25. The highest BCUT2D eigenvalue weighted by Gasteiger charge is 2.63. The summed E-state index contributed by atoms with van der Waals surface area (Å²) in [4.78, 5) is 46.0. The van der Waals surface area contributed by atoms with Gasteiger partial charge in [0.15, 0.2) is 13.2 Å². The zero-order chi connectivity index (χ0) is 17.4. The second-order valence-corrected chi connectivity index (χ2v) is 6.37. The zero-order valence-electron chi connectivity index (χ0n) is 13.2. The summed E-state index contributed by atoms with van der Waals surface area (Å²) >= 11 is 0. The zero-order valence-corrected chi connectivity index (χ0v) is 13.2. The second kappa shape index (κ2) is 6.26. The summed E-state index contributed by atoms with van der Waals surface area (Å²) in [5.74, 6) is -2.31. The third kappa shape index (κ3) is 3.00. The Bertz CT molecular complexity index is 609. The van der Waals surface area contributed by atoms with Crippen molar-refractivity contribution in [3.8, 4) is 0 Å². The second-order valence-electron chi connectivity index (χ2n) is 6.37. The van der Waals surface area contributed by atoms with Gasteiger partial charge in [0, 0.05) is 17.4 Å². The van der Waals surface area contributed by atoms with Crippen LogP contribution in [0.2, 0.25) is 0 Å². The summed E-state index contributed by atoms with van der Waals surface area (Å²) in [6.07, 6.45) is 0.645. The lowest BCUT2D eigenvalue weighted by atomic mass is 9.88. The number of esters is 4. The van der Waals surface area contributed by atoms with Gasteiger partial charge in [-0.3, -0.25) is 4.79 Å². The van der Waals surface area contributed by atoms with Crippen LogP contribution in [0.4, 0.5) is 0 Å². The Morgan fingerprint density at radius 3 is 2.58 bits per heavy atom. The van der Waals surface area contributed by atoms with Gasteiger partial charge in [-0.25, -0.2) is 14.4 Å². The summed E-state index contributed by atoms with van der Waals surface area (Å²) in [5, 5.41) is 0. The van der Waals surface area contributed by atoms with E-state index in [-0.39, 0.29) is 35.4 Å². The third-order valence-corrected chi connectivity index (χ3v) is 4.70. The van der Waals surface area contributed by atoms with Crippen molar-refractivity contribution in [3.63, 3.8) is 0 Å². The molecule has 2 aliphatic carbocycles. The molecule has 0 aromatic heterocycles. The molecule has 1 heterocycles. The van der Waals surface area contributed by atoms with Crippen molar-refractivity contribution >= 4 is 23.9 Å². The van der Waals surface area contributed by atoms with Crippen LogP contribution < -0.4 is 0 Å². The molecule has 1 aliphatic heterocycles. The molecule has 0 N–H and O–H groups in total. The summed E-state index contributed by atoms with van der Waals surface area (Å²) in [6, 6.07) is 0. The van der Waals surface area contributed by atoms with Gasteiger partial charge in [0.2, 0.25) is 0 Å². The minimum Gasteiger partial charge on any atom is -0.458 e. The van der Waals surface area contributed by atoms with E-state index in [1.54, 1.807) is 0 Å². The highest BCUT2D eigenvalue weighted by molar-refractivity contribution is 5.88. The smallest absolute Gasteiger partial charge is 0.344 e. The first kappa shape index (κ1) is 16.5. The Morgan fingerprint density at radius 2 is 1.88 bits per heavy atom. The standard InChI is InChI=1S/C16H18O8/c1-7(2)15(19)22-5-11(17)21-6-12(18)23-13-8-3-9-10(4-8)16(20)24-14(9)13/h8-10,13-14H,1,3-6H2,2H3. The molecule has 8 nitrogen and oxygen atoms in total. The highest BCUT2D eigenvalue weighted by Crippen LogP contribution is 2.55. The van der Waals surface area contributed by atoms with Gasteiger partial charge in [-0.15, -0.1) is 0 Å². The van der Waals surface area contributed by atoms with Gasteiger partial charge in [0.1, 0.15) is 12.2 Å². The van der Waals surface area contributed by atoms with Crippen LogP contribution >= 0.6 is 0 Å². The molecule has 3 aliphatic rings. The summed E-state index contributed by atoms with van der Waals surface area (Å²) < 4.78 is 19.9. The molecule has 5 unspecified atom stereocenters. The van der Waals surface area contributed by atoms with E-state index in [4.69, 9.17) is 14.2 Å². The van der Waals surface area contributed by atoms with Gasteiger partial charge in [-0.05, 0) is 19.8 Å². The van der Waals surface area contributed by atoms with Crippen molar-refractivity contribution in [2.75, 3.05) is 13.2 Å². The van der Waals surface area contributed by atoms with E-state index in [2.05, 4.69) is 11.3 Å². The van der Waals surface area contributed by atoms with Crippen molar-refractivity contribution < 1.29 is 38.1 Å². The molecule has 3 rings (SSSR count). The first-order valence-electron chi connectivity index (χ1n) is 7.75. The molecule has 24 heavy (non-hydrogen) atoms. The number of carbonyl (C=O) groups is 4. The summed E-state index contributed by atoms with van der Waals surface area (Å²) in [6.45, 7) is 3.63. The first-order valence-corrected chi connectivity index (χ1v) is 7.75. The van der Waals surface area contributed by atoms with Crippen LogP contribution in [0.5, 0.6) is 0 Å². The summed E-state index contributed by atoms with van der Waals surface area (Å²) in [5.41, 5.74) is 0.155. The molecule has 130 valence electrons. The fourth-order valence-corrected chi connectivity index (χ4v) is 3.68. The maximum atomic E-state index is 11.8. The molecule has 3 fully saturated rings. The minimum absolute atomic E-state index is 0.0595. The minimum atomic E-state index is -0.859. The monoisotopic (exact) mass is 338 g/mol. The fraction of sp³-hybridized carbons (Fsp3) is 0.625. The molecule has 0 radical (unpaired) electrons. The third-order valence-electron chi connectivity index (χ3n) is 4.70. The van der Waals surface area contributed by atoms with Crippen LogP contribution in [0.15, 0.2) is 12.2 Å². The van der Waals surface area contributed by atoms with E-state index in [9.17, 15) is 19.2 Å². The van der Waals surface area contributed by atoms with Gasteiger partial charge in [0.05, 0.1) is 5.92 Å². The maximum absolute atomic E-state index is 11.8. The Kier molecular flexibility index (Phi) is 4.29. The average Bonchev–Trinajstić information content (AvgIpc) is 3.15. The number of fused-ring (bicyclic) bond motifs is 1. The lowest BCUT2D eigenvalue weighted by Crippen LogP contribution is -2.37. The number of carbonyl (C=O) groups excluding carboxylic acids is 4. The van der Waals surface area contributed by atoms with Crippen molar-refractivity contribution in [3.05, 3.63) is 12.2 Å². The van der Waals surface area contributed by atoms with Crippen molar-refractivity contribution in [1.82, 2.24) is 0 Å². The van der Waals surface area contributed by atoms with Crippen molar-refractivity contribution in [1.29, 1.82) is 0 Å². The lowest BCUT2D eigenvalue weighted by molar-refractivity contribution is -0.171. The van der Waals surface area contributed by atoms with Crippen LogP contribution in [-0.4, -0.2) is 49.3 Å². The summed E-state index contributed by atoms with van der Waals surface area (Å²) in [7, 11) is 0. The van der Waals surface area contributed by atoms with Crippen LogP contribution in [-0.2, 0) is 38.1 Å². The predicted octanol–water partition coefficient (Wildman–Crippen LogP) is 0.142. The van der Waals surface area contributed by atoms with E-state index in [0.29, 0.717) is 6.42 Å². The Balaban J connectivity index is 1.41. The molecule has 5 atom stereocenters. The van der Waals surface area contributed by atoms with Crippen LogP contribution in [0.3, 0.4) is 0 Å². The Hall–Kier alpha value is -2.38. The maximum Gasteiger partial charge on any atom is 0.344 e. The van der Waals surface area contributed by atoms with Crippen LogP contribution in [0.25, 0.3) is 0 Å².